The topological polar surface area (TPSA) is 84.7 Å². The highest BCUT2D eigenvalue weighted by molar-refractivity contribution is 5.99. The van der Waals surface area contributed by atoms with Crippen LogP contribution in [0.4, 0.5) is 5.69 Å². The van der Waals surface area contributed by atoms with Crippen LogP contribution in [0.3, 0.4) is 0 Å². The summed E-state index contributed by atoms with van der Waals surface area (Å²) in [6, 6.07) is 5.51. The third-order valence-electron chi connectivity index (χ3n) is 6.02. The molecule has 0 radical (unpaired) electrons. The van der Waals surface area contributed by atoms with Crippen LogP contribution in [-0.2, 0) is 9.53 Å². The lowest BCUT2D eigenvalue weighted by atomic mass is 9.71. The highest BCUT2D eigenvalue weighted by Gasteiger charge is 2.33. The summed E-state index contributed by atoms with van der Waals surface area (Å²) in [6.45, 7) is 4.80. The molecule has 7 heteroatoms. The predicted molar refractivity (Wildman–Crippen MR) is 113 cm³/mol. The zero-order chi connectivity index (χ0) is 19.3. The fraction of sp³-hybridized carbons (Fsp3) is 0.619. The molecule has 1 aromatic carbocycles. The van der Waals surface area contributed by atoms with E-state index in [4.69, 9.17) is 10.5 Å². The van der Waals surface area contributed by atoms with E-state index in [1.807, 2.05) is 30.0 Å². The fourth-order valence-electron chi connectivity index (χ4n) is 4.23. The van der Waals surface area contributed by atoms with E-state index in [0.29, 0.717) is 50.5 Å². The van der Waals surface area contributed by atoms with Gasteiger partial charge < -0.3 is 20.7 Å². The van der Waals surface area contributed by atoms with Gasteiger partial charge in [0.25, 0.3) is 5.91 Å². The summed E-state index contributed by atoms with van der Waals surface area (Å²) in [4.78, 5) is 27.3. The Morgan fingerprint density at radius 2 is 1.86 bits per heavy atom. The van der Waals surface area contributed by atoms with Crippen LogP contribution >= 0.6 is 12.4 Å². The Bertz CT molecular complexity index is 683. The minimum Gasteiger partial charge on any atom is -0.378 e. The average molecular weight is 410 g/mol. The molecule has 6 nitrogen and oxygen atoms in total. The molecule has 156 valence electrons. The van der Waals surface area contributed by atoms with Gasteiger partial charge in [0.2, 0.25) is 5.91 Å². The quantitative estimate of drug-likeness (QED) is 0.782. The number of nitrogens with two attached hydrogens (primary N) is 1. The molecule has 1 aliphatic heterocycles. The summed E-state index contributed by atoms with van der Waals surface area (Å²) in [7, 11) is 0. The van der Waals surface area contributed by atoms with Gasteiger partial charge in [0, 0.05) is 30.8 Å². The normalized spacial score (nSPS) is 18.9. The van der Waals surface area contributed by atoms with Gasteiger partial charge in [0.15, 0.2) is 0 Å². The van der Waals surface area contributed by atoms with Gasteiger partial charge in [-0.15, -0.1) is 12.4 Å². The lowest BCUT2D eigenvalue weighted by Gasteiger charge is -2.35. The summed E-state index contributed by atoms with van der Waals surface area (Å²) in [5.41, 5.74) is 8.11. The van der Waals surface area contributed by atoms with Crippen LogP contribution < -0.4 is 11.1 Å². The molecule has 2 aliphatic rings. The predicted octanol–water partition coefficient (Wildman–Crippen LogP) is 3.13. The lowest BCUT2D eigenvalue weighted by molar-refractivity contribution is -0.118. The standard InChI is InChI=1S/C21H31N3O3.ClH/c1-16-17(20(26)24-10-12-27-13-11-24)6-5-7-18(16)23-19(25)14-21(15-22)8-3-2-4-9-21;/h5-7H,2-4,8-15,22H2,1H3,(H,23,25);1H. The van der Waals surface area contributed by atoms with E-state index in [0.717, 1.165) is 31.2 Å². The fourth-order valence-corrected chi connectivity index (χ4v) is 4.23. The molecule has 0 unspecified atom stereocenters. The number of ether oxygens (including phenoxy) is 1. The van der Waals surface area contributed by atoms with Gasteiger partial charge in [-0.1, -0.05) is 25.3 Å². The van der Waals surface area contributed by atoms with Crippen LogP contribution in [0, 0.1) is 12.3 Å². The van der Waals surface area contributed by atoms with Gasteiger partial charge in [-0.05, 0) is 49.4 Å². The van der Waals surface area contributed by atoms with Crippen molar-refractivity contribution >= 4 is 29.9 Å². The van der Waals surface area contributed by atoms with Crippen molar-refractivity contribution in [3.63, 3.8) is 0 Å². The van der Waals surface area contributed by atoms with Crippen molar-refractivity contribution < 1.29 is 14.3 Å². The molecular formula is C21H32ClN3O3. The number of nitrogens with zero attached hydrogens (tertiary/aromatic N) is 1. The SMILES string of the molecule is Cc1c(NC(=O)CC2(CN)CCCCC2)cccc1C(=O)N1CCOCC1.Cl. The number of morpholine rings is 1. The maximum absolute atomic E-state index is 12.8. The Hall–Kier alpha value is -1.63. The van der Waals surface area contributed by atoms with Crippen molar-refractivity contribution in [1.82, 2.24) is 4.90 Å². The molecular weight excluding hydrogens is 378 g/mol. The second kappa shape index (κ2) is 10.2. The van der Waals surface area contributed by atoms with Crippen molar-refractivity contribution in [3.8, 4) is 0 Å². The number of anilines is 1. The number of carbonyl (C=O) groups excluding carboxylic acids is 2. The molecule has 0 bridgehead atoms. The number of hydrogen-bond donors (Lipinski definition) is 2. The maximum atomic E-state index is 12.8. The summed E-state index contributed by atoms with van der Waals surface area (Å²) in [5.74, 6) is -0.0148. The number of amides is 2. The third-order valence-corrected chi connectivity index (χ3v) is 6.02. The van der Waals surface area contributed by atoms with Gasteiger partial charge >= 0.3 is 0 Å². The number of rotatable bonds is 5. The lowest BCUT2D eigenvalue weighted by Crippen LogP contribution is -2.41. The van der Waals surface area contributed by atoms with Gasteiger partial charge in [0.05, 0.1) is 13.2 Å². The Balaban J connectivity index is 0.00000280. The van der Waals surface area contributed by atoms with Crippen molar-refractivity contribution in [2.24, 2.45) is 11.1 Å². The number of benzene rings is 1. The van der Waals surface area contributed by atoms with Crippen LogP contribution in [0.2, 0.25) is 0 Å². The zero-order valence-electron chi connectivity index (χ0n) is 16.7. The molecule has 2 amide bonds. The van der Waals surface area contributed by atoms with Gasteiger partial charge in [-0.25, -0.2) is 0 Å². The minimum absolute atomic E-state index is 0. The largest absolute Gasteiger partial charge is 0.378 e. The maximum Gasteiger partial charge on any atom is 0.254 e. The van der Waals surface area contributed by atoms with Crippen molar-refractivity contribution in [2.45, 2.75) is 45.4 Å². The van der Waals surface area contributed by atoms with Crippen LogP contribution in [0.15, 0.2) is 18.2 Å². The molecule has 0 atom stereocenters. The molecule has 3 N–H and O–H groups in total. The van der Waals surface area contributed by atoms with E-state index >= 15 is 0 Å². The number of halogens is 1. The van der Waals surface area contributed by atoms with E-state index in [2.05, 4.69) is 5.32 Å². The van der Waals surface area contributed by atoms with Gasteiger partial charge in [-0.2, -0.15) is 0 Å². The summed E-state index contributed by atoms with van der Waals surface area (Å²) in [5, 5.41) is 3.02. The smallest absolute Gasteiger partial charge is 0.254 e. The first kappa shape index (κ1) is 22.7. The third kappa shape index (κ3) is 5.25. The Labute approximate surface area is 173 Å². The van der Waals surface area contributed by atoms with Gasteiger partial charge in [0.1, 0.15) is 0 Å². The van der Waals surface area contributed by atoms with Crippen LogP contribution in [0.1, 0.15) is 54.4 Å². The first-order valence-corrected chi connectivity index (χ1v) is 10.0. The molecule has 0 spiro atoms. The van der Waals surface area contributed by atoms with Crippen LogP contribution in [0.5, 0.6) is 0 Å². The van der Waals surface area contributed by atoms with Crippen LogP contribution in [0.25, 0.3) is 0 Å². The molecule has 1 aromatic rings. The van der Waals surface area contributed by atoms with Crippen molar-refractivity contribution in [2.75, 3.05) is 38.2 Å². The molecule has 3 rings (SSSR count). The number of hydrogen-bond acceptors (Lipinski definition) is 4. The highest BCUT2D eigenvalue weighted by Crippen LogP contribution is 2.38. The Morgan fingerprint density at radius 1 is 1.18 bits per heavy atom. The first-order valence-electron chi connectivity index (χ1n) is 10.0. The second-order valence-corrected chi connectivity index (χ2v) is 7.87. The molecule has 28 heavy (non-hydrogen) atoms. The molecule has 1 saturated carbocycles. The number of nitrogens with one attached hydrogen (secondary N) is 1. The van der Waals surface area contributed by atoms with Crippen LogP contribution in [-0.4, -0.2) is 49.6 Å². The average Bonchev–Trinajstić information content (AvgIpc) is 2.70. The molecule has 1 saturated heterocycles. The van der Waals surface area contributed by atoms with E-state index in [9.17, 15) is 9.59 Å². The molecule has 2 fully saturated rings. The second-order valence-electron chi connectivity index (χ2n) is 7.87. The summed E-state index contributed by atoms with van der Waals surface area (Å²) < 4.78 is 5.32. The van der Waals surface area contributed by atoms with Crippen molar-refractivity contribution in [3.05, 3.63) is 29.3 Å². The summed E-state index contributed by atoms with van der Waals surface area (Å²) in [6.07, 6.45) is 6.01. The van der Waals surface area contributed by atoms with Crippen molar-refractivity contribution in [1.29, 1.82) is 0 Å². The van der Waals surface area contributed by atoms with Gasteiger partial charge in [-0.3, -0.25) is 9.59 Å². The zero-order valence-corrected chi connectivity index (χ0v) is 17.5. The van der Waals surface area contributed by atoms with E-state index < -0.39 is 0 Å². The van der Waals surface area contributed by atoms with E-state index in [1.54, 1.807) is 0 Å². The Kier molecular flexibility index (Phi) is 8.28. The van der Waals surface area contributed by atoms with E-state index in [-0.39, 0.29) is 29.6 Å². The summed E-state index contributed by atoms with van der Waals surface area (Å²) >= 11 is 0. The molecule has 1 aliphatic carbocycles. The minimum atomic E-state index is -0.0720. The highest BCUT2D eigenvalue weighted by atomic mass is 35.5. The molecule has 1 heterocycles. The van der Waals surface area contributed by atoms with E-state index in [1.165, 1.54) is 6.42 Å². The Morgan fingerprint density at radius 3 is 2.50 bits per heavy atom. The first-order chi connectivity index (χ1) is 13.0. The monoisotopic (exact) mass is 409 g/mol. The number of carbonyl (C=O) groups is 2. The molecule has 0 aromatic heterocycles.